The van der Waals surface area contributed by atoms with Crippen LogP contribution < -0.4 is 15.2 Å². The Bertz CT molecular complexity index is 1600. The van der Waals surface area contributed by atoms with Crippen LogP contribution >= 0.6 is 0 Å². The minimum atomic E-state index is -0.513. The van der Waals surface area contributed by atoms with Gasteiger partial charge in [-0.15, -0.1) is 0 Å². The second kappa shape index (κ2) is 9.37. The van der Waals surface area contributed by atoms with Crippen molar-refractivity contribution in [2.75, 3.05) is 7.11 Å². The summed E-state index contributed by atoms with van der Waals surface area (Å²) >= 11 is 0. The molecule has 0 N–H and O–H groups in total. The molecular formula is C28H27FN4O3. The Morgan fingerprint density at radius 1 is 0.972 bits per heavy atom. The predicted octanol–water partition coefficient (Wildman–Crippen LogP) is 5.08. The average molecular weight is 487 g/mol. The van der Waals surface area contributed by atoms with Gasteiger partial charge in [0.1, 0.15) is 6.61 Å². The van der Waals surface area contributed by atoms with Crippen LogP contribution in [0.5, 0.6) is 11.5 Å². The van der Waals surface area contributed by atoms with Gasteiger partial charge in [-0.25, -0.2) is 9.18 Å². The first kappa shape index (κ1) is 23.4. The van der Waals surface area contributed by atoms with Gasteiger partial charge in [-0.2, -0.15) is 5.10 Å². The maximum absolute atomic E-state index is 15.2. The van der Waals surface area contributed by atoms with Crippen molar-refractivity contribution in [2.45, 2.75) is 19.6 Å². The first-order valence-electron chi connectivity index (χ1n) is 11.6. The molecule has 3 aromatic carbocycles. The van der Waals surface area contributed by atoms with Gasteiger partial charge in [-0.05, 0) is 48.4 Å². The molecule has 0 radical (unpaired) electrons. The lowest BCUT2D eigenvalue weighted by Crippen LogP contribution is -2.19. The monoisotopic (exact) mass is 486 g/mol. The number of hydrogen-bond donors (Lipinski definition) is 0. The molecular weight excluding hydrogens is 459 g/mol. The number of halogens is 1. The predicted molar refractivity (Wildman–Crippen MR) is 137 cm³/mol. The van der Waals surface area contributed by atoms with Gasteiger partial charge in [0, 0.05) is 25.9 Å². The SMILES string of the molecule is COc1cc(-c2ccnn2[C@@H](C)c2ccc3c(c2)n(C)c(=O)n3C)cc(F)c1OCc1ccccc1. The van der Waals surface area contributed by atoms with Crippen LogP contribution in [0.25, 0.3) is 22.3 Å². The van der Waals surface area contributed by atoms with Gasteiger partial charge in [0.25, 0.3) is 0 Å². The molecule has 5 aromatic rings. The summed E-state index contributed by atoms with van der Waals surface area (Å²) in [4.78, 5) is 12.3. The summed E-state index contributed by atoms with van der Waals surface area (Å²) < 4.78 is 31.6. The molecule has 1 atom stereocenters. The molecule has 0 saturated carbocycles. The molecule has 0 aliphatic carbocycles. The number of hydrogen-bond acceptors (Lipinski definition) is 4. The molecule has 2 heterocycles. The van der Waals surface area contributed by atoms with Crippen molar-refractivity contribution in [1.82, 2.24) is 18.9 Å². The van der Waals surface area contributed by atoms with Crippen molar-refractivity contribution in [3.05, 3.63) is 100 Å². The number of aryl methyl sites for hydroxylation is 2. The molecule has 0 amide bonds. The third-order valence-electron chi connectivity index (χ3n) is 6.57. The van der Waals surface area contributed by atoms with E-state index in [2.05, 4.69) is 5.10 Å². The fourth-order valence-corrected chi connectivity index (χ4v) is 4.51. The van der Waals surface area contributed by atoms with E-state index in [4.69, 9.17) is 9.47 Å². The van der Waals surface area contributed by atoms with Crippen LogP contribution in [0.4, 0.5) is 4.39 Å². The summed E-state index contributed by atoms with van der Waals surface area (Å²) in [5, 5.41) is 4.53. The standard InChI is InChI=1S/C28H27FN4O3/c1-18(20-10-11-24-25(15-20)32(3)28(34)31(24)2)33-23(12-13-30-33)21-14-22(29)27(26(16-21)35-4)36-17-19-8-6-5-7-9-19/h5-16,18H,17H2,1-4H3/t18-/m0/s1. The smallest absolute Gasteiger partial charge is 0.328 e. The molecule has 0 bridgehead atoms. The van der Waals surface area contributed by atoms with Gasteiger partial charge in [0.15, 0.2) is 17.3 Å². The highest BCUT2D eigenvalue weighted by molar-refractivity contribution is 5.77. The molecule has 36 heavy (non-hydrogen) atoms. The fraction of sp³-hybridized carbons (Fsp3) is 0.214. The summed E-state index contributed by atoms with van der Waals surface area (Å²) in [6.45, 7) is 2.25. The van der Waals surface area contributed by atoms with E-state index < -0.39 is 5.82 Å². The number of rotatable bonds is 7. The number of methoxy groups -OCH3 is 1. The number of imidazole rings is 1. The van der Waals surface area contributed by atoms with E-state index in [-0.39, 0.29) is 24.1 Å². The molecule has 0 saturated heterocycles. The van der Waals surface area contributed by atoms with Crippen LogP contribution in [-0.4, -0.2) is 26.0 Å². The topological polar surface area (TPSA) is 63.2 Å². The third kappa shape index (κ3) is 4.04. The molecule has 0 fully saturated rings. The van der Waals surface area contributed by atoms with Crippen molar-refractivity contribution in [3.8, 4) is 22.8 Å². The van der Waals surface area contributed by atoms with Crippen molar-refractivity contribution < 1.29 is 13.9 Å². The maximum Gasteiger partial charge on any atom is 0.328 e. The van der Waals surface area contributed by atoms with E-state index in [0.29, 0.717) is 11.3 Å². The molecule has 0 aliphatic heterocycles. The molecule has 184 valence electrons. The Hall–Kier alpha value is -4.33. The van der Waals surface area contributed by atoms with Crippen molar-refractivity contribution in [1.29, 1.82) is 0 Å². The van der Waals surface area contributed by atoms with E-state index in [1.54, 1.807) is 35.5 Å². The summed E-state index contributed by atoms with van der Waals surface area (Å²) in [7, 11) is 5.01. The van der Waals surface area contributed by atoms with Gasteiger partial charge in [0.05, 0.1) is 29.9 Å². The quantitative estimate of drug-likeness (QED) is 0.322. The van der Waals surface area contributed by atoms with Crippen molar-refractivity contribution in [2.24, 2.45) is 14.1 Å². The van der Waals surface area contributed by atoms with Crippen molar-refractivity contribution >= 4 is 11.0 Å². The molecule has 0 spiro atoms. The van der Waals surface area contributed by atoms with Gasteiger partial charge in [0.2, 0.25) is 0 Å². The number of aromatic nitrogens is 4. The molecule has 0 aliphatic rings. The summed E-state index contributed by atoms with van der Waals surface area (Å²) in [5.74, 6) is -0.136. The van der Waals surface area contributed by atoms with E-state index >= 15 is 4.39 Å². The lowest BCUT2D eigenvalue weighted by Gasteiger charge is -2.18. The number of nitrogens with zero attached hydrogens (tertiary/aromatic N) is 4. The largest absolute Gasteiger partial charge is 0.493 e. The Balaban J connectivity index is 1.48. The van der Waals surface area contributed by atoms with E-state index in [0.717, 1.165) is 27.9 Å². The second-order valence-corrected chi connectivity index (χ2v) is 8.75. The molecule has 8 heteroatoms. The zero-order valence-electron chi connectivity index (χ0n) is 20.6. The highest BCUT2D eigenvalue weighted by Gasteiger charge is 2.20. The summed E-state index contributed by atoms with van der Waals surface area (Å²) in [5.41, 5.74) is 4.88. The first-order chi connectivity index (χ1) is 17.4. The highest BCUT2D eigenvalue weighted by atomic mass is 19.1. The van der Waals surface area contributed by atoms with Gasteiger partial charge >= 0.3 is 5.69 Å². The van der Waals surface area contributed by atoms with Crippen LogP contribution in [0.3, 0.4) is 0 Å². The number of ether oxygens (including phenoxy) is 2. The van der Waals surface area contributed by atoms with Crippen LogP contribution in [-0.2, 0) is 20.7 Å². The first-order valence-corrected chi connectivity index (χ1v) is 11.6. The van der Waals surface area contributed by atoms with Crippen molar-refractivity contribution in [3.63, 3.8) is 0 Å². The molecule has 0 unspecified atom stereocenters. The number of fused-ring (bicyclic) bond motifs is 1. The maximum atomic E-state index is 15.2. The highest BCUT2D eigenvalue weighted by Crippen LogP contribution is 2.37. The summed E-state index contributed by atoms with van der Waals surface area (Å²) in [6.07, 6.45) is 1.69. The zero-order valence-corrected chi connectivity index (χ0v) is 20.6. The number of benzene rings is 3. The lowest BCUT2D eigenvalue weighted by atomic mass is 10.1. The van der Waals surface area contributed by atoms with Gasteiger partial charge < -0.3 is 9.47 Å². The minimum absolute atomic E-state index is 0.0691. The van der Waals surface area contributed by atoms with Crippen LogP contribution in [0.15, 0.2) is 77.7 Å². The van der Waals surface area contributed by atoms with Crippen LogP contribution in [0.1, 0.15) is 24.1 Å². The molecule has 2 aromatic heterocycles. The van der Waals surface area contributed by atoms with E-state index in [9.17, 15) is 4.79 Å². The molecule has 7 nitrogen and oxygen atoms in total. The van der Waals surface area contributed by atoms with E-state index in [1.165, 1.54) is 13.2 Å². The average Bonchev–Trinajstić information content (AvgIpc) is 3.47. The van der Waals surface area contributed by atoms with E-state index in [1.807, 2.05) is 66.2 Å². The Kier molecular flexibility index (Phi) is 6.10. The minimum Gasteiger partial charge on any atom is -0.493 e. The Morgan fingerprint density at radius 2 is 1.72 bits per heavy atom. The third-order valence-corrected chi connectivity index (χ3v) is 6.57. The Labute approximate surface area is 207 Å². The van der Waals surface area contributed by atoms with Crippen LogP contribution in [0.2, 0.25) is 0 Å². The normalized spacial score (nSPS) is 12.1. The summed E-state index contributed by atoms with van der Waals surface area (Å²) in [6, 6.07) is 20.4. The Morgan fingerprint density at radius 3 is 2.47 bits per heavy atom. The van der Waals surface area contributed by atoms with Crippen LogP contribution in [0, 0.1) is 5.82 Å². The van der Waals surface area contributed by atoms with Gasteiger partial charge in [-0.3, -0.25) is 13.8 Å². The molecule has 5 rings (SSSR count). The van der Waals surface area contributed by atoms with Gasteiger partial charge in [-0.1, -0.05) is 36.4 Å². The second-order valence-electron chi connectivity index (χ2n) is 8.75. The lowest BCUT2D eigenvalue weighted by molar-refractivity contribution is 0.270. The fourth-order valence-electron chi connectivity index (χ4n) is 4.51. The zero-order chi connectivity index (χ0) is 25.4.